The van der Waals surface area contributed by atoms with Crippen LogP contribution in [0.5, 0.6) is 5.75 Å². The number of ether oxygens (including phenoxy) is 1. The van der Waals surface area contributed by atoms with E-state index in [2.05, 4.69) is 59.0 Å². The van der Waals surface area contributed by atoms with Gasteiger partial charge in [0.15, 0.2) is 0 Å². The third kappa shape index (κ3) is 4.39. The van der Waals surface area contributed by atoms with Crippen LogP contribution in [0, 0.1) is 5.41 Å². The molecule has 6 rings (SSSR count). The van der Waals surface area contributed by atoms with Crippen molar-refractivity contribution < 1.29 is 4.74 Å². The van der Waals surface area contributed by atoms with Crippen molar-refractivity contribution in [3.05, 3.63) is 48.3 Å². The second-order valence-corrected chi connectivity index (χ2v) is 10.2. The molecule has 0 unspecified atom stereocenters. The van der Waals surface area contributed by atoms with E-state index >= 15 is 0 Å². The number of hydrogen-bond acceptors (Lipinski definition) is 6. The number of hydrogen-bond donors (Lipinski definition) is 0. The molecular formula is C29H39N5O. The molecule has 3 heterocycles. The molecule has 2 saturated heterocycles. The van der Waals surface area contributed by atoms with Crippen molar-refractivity contribution in [2.75, 3.05) is 61.6 Å². The van der Waals surface area contributed by atoms with E-state index in [4.69, 9.17) is 14.7 Å². The Labute approximate surface area is 209 Å². The van der Waals surface area contributed by atoms with Crippen molar-refractivity contribution >= 4 is 28.1 Å². The summed E-state index contributed by atoms with van der Waals surface area (Å²) in [7, 11) is 3.92. The molecular weight excluding hydrogens is 434 g/mol. The molecule has 2 aliphatic heterocycles. The third-order valence-electron chi connectivity index (χ3n) is 7.45. The lowest BCUT2D eigenvalue weighted by atomic mass is 9.72. The Morgan fingerprint density at radius 1 is 1.00 bits per heavy atom. The number of aromatic nitrogens is 2. The van der Waals surface area contributed by atoms with Crippen LogP contribution in [-0.4, -0.2) is 56.8 Å². The van der Waals surface area contributed by atoms with Gasteiger partial charge in [-0.05, 0) is 49.6 Å². The Morgan fingerprint density at radius 3 is 2.40 bits per heavy atom. The van der Waals surface area contributed by atoms with Gasteiger partial charge in [-0.1, -0.05) is 32.9 Å². The molecule has 35 heavy (non-hydrogen) atoms. The quantitative estimate of drug-likeness (QED) is 0.438. The summed E-state index contributed by atoms with van der Waals surface area (Å²) >= 11 is 0. The number of benzene rings is 2. The smallest absolute Gasteiger partial charge is 0.142 e. The van der Waals surface area contributed by atoms with E-state index in [0.29, 0.717) is 11.3 Å². The van der Waals surface area contributed by atoms with Gasteiger partial charge in [-0.15, -0.1) is 0 Å². The molecule has 1 saturated carbocycles. The molecule has 186 valence electrons. The summed E-state index contributed by atoms with van der Waals surface area (Å²) in [6.07, 6.45) is 3.58. The second-order valence-electron chi connectivity index (χ2n) is 10.2. The number of rotatable bonds is 7. The molecule has 0 amide bonds. The normalized spacial score (nSPS) is 18.0. The van der Waals surface area contributed by atoms with Gasteiger partial charge in [0.25, 0.3) is 0 Å². The zero-order chi connectivity index (χ0) is 24.6. The van der Waals surface area contributed by atoms with Crippen LogP contribution in [0.1, 0.15) is 51.8 Å². The minimum atomic E-state index is 0.356. The zero-order valence-electron chi connectivity index (χ0n) is 21.9. The number of anilines is 3. The molecule has 1 aliphatic carbocycles. The first-order valence-corrected chi connectivity index (χ1v) is 13.2. The van der Waals surface area contributed by atoms with Crippen LogP contribution in [0.2, 0.25) is 0 Å². The maximum absolute atomic E-state index is 5.58. The number of methoxy groups -OCH3 is 1. The summed E-state index contributed by atoms with van der Waals surface area (Å²) in [6.45, 7) is 11.5. The predicted molar refractivity (Wildman–Crippen MR) is 146 cm³/mol. The van der Waals surface area contributed by atoms with Crippen LogP contribution >= 0.6 is 0 Å². The van der Waals surface area contributed by atoms with Gasteiger partial charge in [0, 0.05) is 62.2 Å². The lowest BCUT2D eigenvalue weighted by molar-refractivity contribution is 0.155. The number of para-hydroxylation sites is 2. The number of fused-ring (bicyclic) bond motifs is 1. The first-order chi connectivity index (χ1) is 17.1. The van der Waals surface area contributed by atoms with Crippen molar-refractivity contribution in [1.29, 1.82) is 0 Å². The van der Waals surface area contributed by atoms with Gasteiger partial charge in [0.2, 0.25) is 0 Å². The van der Waals surface area contributed by atoms with Crippen molar-refractivity contribution in [2.24, 2.45) is 5.41 Å². The average molecular weight is 474 g/mol. The molecule has 0 bridgehead atoms. The highest BCUT2D eigenvalue weighted by Crippen LogP contribution is 2.47. The lowest BCUT2D eigenvalue weighted by Gasteiger charge is -2.61. The maximum atomic E-state index is 5.58. The summed E-state index contributed by atoms with van der Waals surface area (Å²) in [6, 6.07) is 15.0. The highest BCUT2D eigenvalue weighted by atomic mass is 16.5. The molecule has 0 N–H and O–H groups in total. The Balaban J connectivity index is 0.00000124. The highest BCUT2D eigenvalue weighted by Gasteiger charge is 2.53. The summed E-state index contributed by atoms with van der Waals surface area (Å²) < 4.78 is 5.58. The second kappa shape index (κ2) is 9.56. The standard InChI is InChI=1S/C27H33N5O.C2H6/c1-4-13-30(2)20-11-12-22-21(14-20)26(29-25(28-22)19-9-10-19)32-17-27(18-32)15-31(16-27)23-7-5-6-8-24(23)33-3;1-2/h5-8,11-12,14,19H,4,9-10,13,15-18H2,1-3H3;1-2H3. The van der Waals surface area contributed by atoms with Crippen molar-refractivity contribution in [1.82, 2.24) is 9.97 Å². The van der Waals surface area contributed by atoms with Gasteiger partial charge in [0.05, 0.1) is 18.3 Å². The molecule has 0 atom stereocenters. The molecule has 3 fully saturated rings. The van der Waals surface area contributed by atoms with E-state index in [0.717, 1.165) is 62.1 Å². The minimum Gasteiger partial charge on any atom is -0.495 e. The molecule has 2 aromatic carbocycles. The molecule has 3 aromatic rings. The Kier molecular flexibility index (Phi) is 6.47. The summed E-state index contributed by atoms with van der Waals surface area (Å²) in [5.41, 5.74) is 3.89. The monoisotopic (exact) mass is 473 g/mol. The van der Waals surface area contributed by atoms with Gasteiger partial charge >= 0.3 is 0 Å². The molecule has 6 nitrogen and oxygen atoms in total. The molecule has 0 radical (unpaired) electrons. The Hall–Kier alpha value is -3.02. The third-order valence-corrected chi connectivity index (χ3v) is 7.45. The van der Waals surface area contributed by atoms with Gasteiger partial charge < -0.3 is 19.4 Å². The van der Waals surface area contributed by atoms with Crippen LogP contribution in [-0.2, 0) is 0 Å². The van der Waals surface area contributed by atoms with E-state index in [1.165, 1.54) is 29.6 Å². The van der Waals surface area contributed by atoms with Gasteiger partial charge in [-0.25, -0.2) is 9.97 Å². The van der Waals surface area contributed by atoms with Gasteiger partial charge in [0.1, 0.15) is 17.4 Å². The number of nitrogens with zero attached hydrogens (tertiary/aromatic N) is 5. The fraction of sp³-hybridized carbons (Fsp3) is 0.517. The van der Waals surface area contributed by atoms with Crippen LogP contribution in [0.3, 0.4) is 0 Å². The van der Waals surface area contributed by atoms with Crippen molar-refractivity contribution in [3.8, 4) is 5.75 Å². The average Bonchev–Trinajstić information content (AvgIpc) is 3.69. The minimum absolute atomic E-state index is 0.356. The topological polar surface area (TPSA) is 44.7 Å². The van der Waals surface area contributed by atoms with E-state index in [-0.39, 0.29) is 0 Å². The zero-order valence-corrected chi connectivity index (χ0v) is 21.9. The largest absolute Gasteiger partial charge is 0.495 e. The first kappa shape index (κ1) is 23.7. The summed E-state index contributed by atoms with van der Waals surface area (Å²) in [5, 5.41) is 1.19. The van der Waals surface area contributed by atoms with Crippen LogP contribution < -0.4 is 19.4 Å². The fourth-order valence-electron chi connectivity index (χ4n) is 5.52. The van der Waals surface area contributed by atoms with Crippen LogP contribution in [0.4, 0.5) is 17.2 Å². The fourth-order valence-corrected chi connectivity index (χ4v) is 5.52. The highest BCUT2D eigenvalue weighted by molar-refractivity contribution is 5.93. The molecule has 1 aromatic heterocycles. The maximum Gasteiger partial charge on any atom is 0.142 e. The SMILES string of the molecule is CC.CCCN(C)c1ccc2nc(C3CC3)nc(N3CC4(CN(c5ccccc5OC)C4)C3)c2c1. The van der Waals surface area contributed by atoms with Crippen LogP contribution in [0.25, 0.3) is 10.9 Å². The van der Waals surface area contributed by atoms with Crippen LogP contribution in [0.15, 0.2) is 42.5 Å². The van der Waals surface area contributed by atoms with Crippen molar-refractivity contribution in [3.63, 3.8) is 0 Å². The van der Waals surface area contributed by atoms with E-state index in [1.807, 2.05) is 26.0 Å². The Bertz CT molecular complexity index is 1180. The first-order valence-electron chi connectivity index (χ1n) is 13.2. The Morgan fingerprint density at radius 2 is 1.71 bits per heavy atom. The molecule has 1 spiro atoms. The summed E-state index contributed by atoms with van der Waals surface area (Å²) in [4.78, 5) is 17.3. The van der Waals surface area contributed by atoms with E-state index in [9.17, 15) is 0 Å². The van der Waals surface area contributed by atoms with E-state index in [1.54, 1.807) is 7.11 Å². The predicted octanol–water partition coefficient (Wildman–Crippen LogP) is 5.71. The lowest BCUT2D eigenvalue weighted by Crippen LogP contribution is -2.72. The molecule has 3 aliphatic rings. The van der Waals surface area contributed by atoms with Crippen molar-refractivity contribution in [2.45, 2.75) is 46.0 Å². The van der Waals surface area contributed by atoms with Gasteiger partial charge in [-0.2, -0.15) is 0 Å². The summed E-state index contributed by atoms with van der Waals surface area (Å²) in [5.74, 6) is 3.69. The molecule has 6 heteroatoms. The van der Waals surface area contributed by atoms with E-state index < -0.39 is 0 Å². The van der Waals surface area contributed by atoms with Gasteiger partial charge in [-0.3, -0.25) is 0 Å².